The Kier molecular flexibility index (Phi) is 25.0. The van der Waals surface area contributed by atoms with Gasteiger partial charge in [-0.05, 0) is 42.2 Å². The van der Waals surface area contributed by atoms with Crippen LogP contribution < -0.4 is 16.0 Å². The van der Waals surface area contributed by atoms with E-state index in [4.69, 9.17) is 10.6 Å². The highest BCUT2D eigenvalue weighted by Gasteiger charge is 2.04. The van der Waals surface area contributed by atoms with Gasteiger partial charge in [-0.2, -0.15) is 0 Å². The molecule has 0 saturated heterocycles. The van der Waals surface area contributed by atoms with Gasteiger partial charge in [-0.1, -0.05) is 80.5 Å². The minimum Gasteiger partial charge on any atom is -0.489 e. The van der Waals surface area contributed by atoms with Gasteiger partial charge in [0.1, 0.15) is 12.4 Å². The maximum Gasteiger partial charge on any atom is 0.119 e. The van der Waals surface area contributed by atoms with Crippen molar-refractivity contribution in [1.82, 2.24) is 0 Å². The average Bonchev–Trinajstić information content (AvgIpc) is 2.74. The topological polar surface area (TPSA) is 47.3 Å². The van der Waals surface area contributed by atoms with Crippen molar-refractivity contribution in [2.24, 2.45) is 11.8 Å². The highest BCUT2D eigenvalue weighted by Crippen LogP contribution is 2.18. The van der Waals surface area contributed by atoms with Crippen LogP contribution in [0.5, 0.6) is 5.75 Å². The van der Waals surface area contributed by atoms with Gasteiger partial charge in [0.05, 0.1) is 0 Å². The fraction of sp³-hybridized carbons (Fsp3) is 0.545. The second-order valence-electron chi connectivity index (χ2n) is 4.31. The maximum atomic E-state index is 5.69. The largest absolute Gasteiger partial charge is 0.489 e. The molecule has 3 N–H and O–H groups in total. The number of rotatable bonds is 4. The van der Waals surface area contributed by atoms with Gasteiger partial charge >= 0.3 is 0 Å². The number of anilines is 1. The first-order chi connectivity index (χ1) is 12.3. The lowest BCUT2D eigenvalue weighted by atomic mass is 9.99. The lowest BCUT2D eigenvalue weighted by Crippen LogP contribution is -2.06. The monoisotopic (exact) mass is 350 g/mol. The molecule has 1 unspecified atom stereocenters. The number of hydrogen-bond acceptors (Lipinski definition) is 3. The summed E-state index contributed by atoms with van der Waals surface area (Å²) in [6, 6.07) is 7.60. The molecule has 0 spiro atoms. The maximum absolute atomic E-state index is 5.69. The van der Waals surface area contributed by atoms with Gasteiger partial charge in [0.25, 0.3) is 0 Å². The summed E-state index contributed by atoms with van der Waals surface area (Å²) in [5, 5.41) is 0. The molecule has 0 aromatic heterocycles. The van der Waals surface area contributed by atoms with E-state index in [1.165, 1.54) is 5.57 Å². The third-order valence-electron chi connectivity index (χ3n) is 2.82. The molecule has 0 aliphatic heterocycles. The highest BCUT2D eigenvalue weighted by atomic mass is 16.5. The summed E-state index contributed by atoms with van der Waals surface area (Å²) in [4.78, 5) is 0. The number of nitrogens with one attached hydrogen (secondary N) is 1. The Morgan fingerprint density at radius 1 is 0.960 bits per heavy atom. The second kappa shape index (κ2) is 22.3. The number of nitrogens with two attached hydrogens (primary N) is 1. The van der Waals surface area contributed by atoms with Crippen molar-refractivity contribution in [3.63, 3.8) is 0 Å². The normalized spacial score (nSPS) is 13.7. The van der Waals surface area contributed by atoms with E-state index in [0.717, 1.165) is 17.9 Å². The molecule has 1 aromatic rings. The first kappa shape index (κ1) is 28.1. The van der Waals surface area contributed by atoms with Crippen molar-refractivity contribution >= 4 is 5.69 Å². The van der Waals surface area contributed by atoms with Crippen LogP contribution >= 0.6 is 0 Å². The summed E-state index contributed by atoms with van der Waals surface area (Å²) in [6.45, 7) is 18.8. The van der Waals surface area contributed by atoms with Crippen LogP contribution in [0.15, 0.2) is 48.1 Å². The summed E-state index contributed by atoms with van der Waals surface area (Å²) in [6.07, 6.45) is 7.70. The van der Waals surface area contributed by atoms with E-state index in [1.54, 1.807) is 0 Å². The molecule has 0 heterocycles. The Balaban J connectivity index is -0.000000533. The average molecular weight is 351 g/mol. The van der Waals surface area contributed by atoms with E-state index < -0.39 is 0 Å². The lowest BCUT2D eigenvalue weighted by molar-refractivity contribution is 0.354. The number of benzene rings is 1. The van der Waals surface area contributed by atoms with E-state index in [2.05, 4.69) is 30.6 Å². The number of hydrazine groups is 1. The molecule has 0 radical (unpaired) electrons. The van der Waals surface area contributed by atoms with Crippen LogP contribution in [-0.2, 0) is 0 Å². The lowest BCUT2D eigenvalue weighted by Gasteiger charge is -2.13. The number of hydrogen-bond donors (Lipinski definition) is 2. The molecule has 25 heavy (non-hydrogen) atoms. The number of nitrogen functional groups attached to an aromatic ring is 1. The van der Waals surface area contributed by atoms with Crippen LogP contribution in [-0.4, -0.2) is 6.61 Å². The predicted octanol–water partition coefficient (Wildman–Crippen LogP) is 6.98. The molecular weight excluding hydrogens is 308 g/mol. The van der Waals surface area contributed by atoms with Gasteiger partial charge in [0.15, 0.2) is 0 Å². The van der Waals surface area contributed by atoms with Crippen LogP contribution in [0.1, 0.15) is 68.7 Å². The molecule has 146 valence electrons. The molecule has 0 fully saturated rings. The standard InChI is InChI=1S/C14H18N2O.4C2H6/c1-11-2-4-12(5-3-11)10-17-14-8-6-13(16-15)7-9-14;4*1-2/h2,4-9,11,16H,3,10,15H2,1H3;4*1-2H3. The van der Waals surface area contributed by atoms with Gasteiger partial charge < -0.3 is 10.2 Å². The van der Waals surface area contributed by atoms with Crippen molar-refractivity contribution in [1.29, 1.82) is 0 Å². The SMILES string of the molecule is CC.CC.CC.CC.CC1C=CC(COc2ccc(NN)cc2)=CC1. The summed E-state index contributed by atoms with van der Waals surface area (Å²) in [7, 11) is 0. The highest BCUT2D eigenvalue weighted by molar-refractivity contribution is 5.45. The second-order valence-corrected chi connectivity index (χ2v) is 4.31. The molecule has 2 rings (SSSR count). The van der Waals surface area contributed by atoms with E-state index in [-0.39, 0.29) is 0 Å². The third-order valence-corrected chi connectivity index (χ3v) is 2.82. The minimum atomic E-state index is 0.624. The quantitative estimate of drug-likeness (QED) is 0.455. The summed E-state index contributed by atoms with van der Waals surface area (Å²) >= 11 is 0. The zero-order valence-electron chi connectivity index (χ0n) is 18.0. The fourth-order valence-corrected chi connectivity index (χ4v) is 1.69. The van der Waals surface area contributed by atoms with Crippen molar-refractivity contribution in [3.05, 3.63) is 48.1 Å². The zero-order valence-corrected chi connectivity index (χ0v) is 18.0. The first-order valence-corrected chi connectivity index (χ1v) is 9.84. The van der Waals surface area contributed by atoms with E-state index in [9.17, 15) is 0 Å². The predicted molar refractivity (Wildman–Crippen MR) is 116 cm³/mol. The Morgan fingerprint density at radius 2 is 1.48 bits per heavy atom. The van der Waals surface area contributed by atoms with Gasteiger partial charge in [-0.3, -0.25) is 5.84 Å². The number of ether oxygens (including phenoxy) is 1. The smallest absolute Gasteiger partial charge is 0.119 e. The Morgan fingerprint density at radius 3 is 1.88 bits per heavy atom. The molecule has 0 saturated carbocycles. The minimum absolute atomic E-state index is 0.624. The van der Waals surface area contributed by atoms with Gasteiger partial charge in [0, 0.05) is 5.69 Å². The van der Waals surface area contributed by atoms with Crippen molar-refractivity contribution in [3.8, 4) is 5.75 Å². The number of allylic oxidation sites excluding steroid dienone is 2. The third kappa shape index (κ3) is 14.3. The molecule has 0 amide bonds. The van der Waals surface area contributed by atoms with E-state index >= 15 is 0 Å². The summed E-state index contributed by atoms with van der Waals surface area (Å²) in [5.74, 6) is 6.80. The molecule has 1 aliphatic carbocycles. The van der Waals surface area contributed by atoms with Gasteiger partial charge in [-0.15, -0.1) is 0 Å². The molecule has 3 heteroatoms. The van der Waals surface area contributed by atoms with Crippen molar-refractivity contribution in [2.45, 2.75) is 68.7 Å². The Labute approximate surface area is 157 Å². The molecule has 3 nitrogen and oxygen atoms in total. The van der Waals surface area contributed by atoms with Crippen LogP contribution in [0, 0.1) is 5.92 Å². The summed E-state index contributed by atoms with van der Waals surface area (Å²) in [5.41, 5.74) is 4.70. The molecule has 1 aromatic carbocycles. The van der Waals surface area contributed by atoms with Gasteiger partial charge in [0.2, 0.25) is 0 Å². The Bertz CT molecular complexity index is 422. The summed E-state index contributed by atoms with van der Waals surface area (Å²) < 4.78 is 5.69. The van der Waals surface area contributed by atoms with Crippen molar-refractivity contribution < 1.29 is 4.74 Å². The first-order valence-electron chi connectivity index (χ1n) is 9.84. The molecule has 1 atom stereocenters. The fourth-order valence-electron chi connectivity index (χ4n) is 1.69. The Hall–Kier alpha value is -1.74. The van der Waals surface area contributed by atoms with E-state index in [0.29, 0.717) is 12.5 Å². The zero-order chi connectivity index (χ0) is 20.1. The van der Waals surface area contributed by atoms with Gasteiger partial charge in [-0.25, -0.2) is 0 Å². The van der Waals surface area contributed by atoms with Crippen LogP contribution in [0.3, 0.4) is 0 Å². The van der Waals surface area contributed by atoms with Crippen molar-refractivity contribution in [2.75, 3.05) is 12.0 Å². The van der Waals surface area contributed by atoms with Crippen LogP contribution in [0.2, 0.25) is 0 Å². The van der Waals surface area contributed by atoms with Crippen LogP contribution in [0.4, 0.5) is 5.69 Å². The molecule has 1 aliphatic rings. The van der Waals surface area contributed by atoms with E-state index in [1.807, 2.05) is 79.7 Å². The molecular formula is C22H42N2O. The molecule has 0 bridgehead atoms. The van der Waals surface area contributed by atoms with Crippen LogP contribution in [0.25, 0.3) is 0 Å².